The van der Waals surface area contributed by atoms with Gasteiger partial charge in [-0.1, -0.05) is 176 Å². The Bertz CT molecular complexity index is 2910. The third kappa shape index (κ3) is 6.34. The maximum Gasteiger partial charge on any atom is 0.135 e. The van der Waals surface area contributed by atoms with Gasteiger partial charge in [0.2, 0.25) is 0 Å². The standard InChI is InChI=1S/C54H37NO/c1-3-11-38(12-4-1)40-19-21-42(22-20-40)43-27-32-47(33-28-43)55(52-17-9-7-15-49(52)45-25-23-41(24-26-45)39-13-5-2-6-14-39)48-34-29-44(30-35-48)46-31-36-54-51(37-46)50-16-8-10-18-53(50)56-54/h1-37H. The van der Waals surface area contributed by atoms with E-state index in [1.165, 1.54) is 33.4 Å². The van der Waals surface area contributed by atoms with Crippen molar-refractivity contribution in [2.75, 3.05) is 4.90 Å². The van der Waals surface area contributed by atoms with Gasteiger partial charge >= 0.3 is 0 Å². The van der Waals surface area contributed by atoms with Crippen LogP contribution in [-0.2, 0) is 0 Å². The van der Waals surface area contributed by atoms with E-state index in [2.05, 4.69) is 217 Å². The molecule has 56 heavy (non-hydrogen) atoms. The second-order valence-electron chi connectivity index (χ2n) is 14.1. The van der Waals surface area contributed by atoms with Crippen LogP contribution in [0.2, 0.25) is 0 Å². The molecule has 0 saturated carbocycles. The normalized spacial score (nSPS) is 11.2. The summed E-state index contributed by atoms with van der Waals surface area (Å²) in [6.45, 7) is 0. The van der Waals surface area contributed by atoms with Crippen molar-refractivity contribution >= 4 is 39.0 Å². The van der Waals surface area contributed by atoms with Crippen LogP contribution < -0.4 is 4.90 Å². The van der Waals surface area contributed by atoms with Gasteiger partial charge in [-0.25, -0.2) is 0 Å². The van der Waals surface area contributed by atoms with Crippen LogP contribution in [0.4, 0.5) is 17.1 Å². The summed E-state index contributed by atoms with van der Waals surface area (Å²) in [6.07, 6.45) is 0. The first-order chi connectivity index (χ1) is 27.7. The van der Waals surface area contributed by atoms with Crippen LogP contribution in [0.15, 0.2) is 229 Å². The van der Waals surface area contributed by atoms with E-state index >= 15 is 0 Å². The number of fused-ring (bicyclic) bond motifs is 3. The van der Waals surface area contributed by atoms with Crippen LogP contribution in [0.3, 0.4) is 0 Å². The molecule has 0 amide bonds. The molecular weight excluding hydrogens is 679 g/mol. The highest BCUT2D eigenvalue weighted by Gasteiger charge is 2.18. The van der Waals surface area contributed by atoms with Gasteiger partial charge in [0.15, 0.2) is 0 Å². The van der Waals surface area contributed by atoms with Crippen molar-refractivity contribution in [2.24, 2.45) is 0 Å². The summed E-state index contributed by atoms with van der Waals surface area (Å²) in [6, 6.07) is 80.1. The summed E-state index contributed by atoms with van der Waals surface area (Å²) in [5.74, 6) is 0. The van der Waals surface area contributed by atoms with Crippen molar-refractivity contribution in [3.05, 3.63) is 224 Å². The fourth-order valence-corrected chi connectivity index (χ4v) is 7.81. The molecule has 0 fully saturated rings. The van der Waals surface area contributed by atoms with Crippen molar-refractivity contribution in [3.8, 4) is 55.6 Å². The zero-order chi connectivity index (χ0) is 37.3. The lowest BCUT2D eigenvalue weighted by Crippen LogP contribution is -2.11. The minimum Gasteiger partial charge on any atom is -0.456 e. The smallest absolute Gasteiger partial charge is 0.135 e. The highest BCUT2D eigenvalue weighted by molar-refractivity contribution is 6.06. The molecule has 2 nitrogen and oxygen atoms in total. The fourth-order valence-electron chi connectivity index (χ4n) is 7.81. The number of nitrogens with zero attached hydrogens (tertiary/aromatic N) is 1. The van der Waals surface area contributed by atoms with Gasteiger partial charge < -0.3 is 9.32 Å². The summed E-state index contributed by atoms with van der Waals surface area (Å²) in [5, 5.41) is 2.27. The lowest BCUT2D eigenvalue weighted by atomic mass is 9.97. The Hall–Kier alpha value is -7.42. The molecule has 0 saturated heterocycles. The van der Waals surface area contributed by atoms with Gasteiger partial charge in [-0.2, -0.15) is 0 Å². The van der Waals surface area contributed by atoms with E-state index in [1.54, 1.807) is 0 Å². The molecule has 0 aliphatic heterocycles. The molecule has 1 heterocycles. The summed E-state index contributed by atoms with van der Waals surface area (Å²) < 4.78 is 6.12. The molecule has 0 radical (unpaired) electrons. The predicted octanol–water partition coefficient (Wildman–Crippen LogP) is 15.4. The van der Waals surface area contributed by atoms with Crippen LogP contribution in [-0.4, -0.2) is 0 Å². The van der Waals surface area contributed by atoms with E-state index in [0.717, 1.165) is 61.3 Å². The minimum absolute atomic E-state index is 0.904. The van der Waals surface area contributed by atoms with Gasteiger partial charge in [0.05, 0.1) is 5.69 Å². The quantitative estimate of drug-likeness (QED) is 0.156. The van der Waals surface area contributed by atoms with E-state index in [0.29, 0.717) is 0 Å². The topological polar surface area (TPSA) is 16.4 Å². The molecule has 0 aliphatic rings. The van der Waals surface area contributed by atoms with E-state index < -0.39 is 0 Å². The van der Waals surface area contributed by atoms with Crippen molar-refractivity contribution in [1.29, 1.82) is 0 Å². The van der Waals surface area contributed by atoms with E-state index in [4.69, 9.17) is 4.42 Å². The van der Waals surface area contributed by atoms with Crippen LogP contribution in [0.1, 0.15) is 0 Å². The molecule has 0 aliphatic carbocycles. The van der Waals surface area contributed by atoms with Crippen LogP contribution >= 0.6 is 0 Å². The van der Waals surface area contributed by atoms with Gasteiger partial charge in [-0.3, -0.25) is 0 Å². The van der Waals surface area contributed by atoms with Gasteiger partial charge in [-0.15, -0.1) is 0 Å². The zero-order valence-electron chi connectivity index (χ0n) is 30.7. The van der Waals surface area contributed by atoms with Crippen molar-refractivity contribution in [2.45, 2.75) is 0 Å². The number of hydrogen-bond donors (Lipinski definition) is 0. The maximum atomic E-state index is 6.12. The van der Waals surface area contributed by atoms with Gasteiger partial charge in [-0.05, 0) is 98.6 Å². The number of hydrogen-bond acceptors (Lipinski definition) is 2. The average Bonchev–Trinajstić information content (AvgIpc) is 3.66. The molecule has 0 spiro atoms. The second-order valence-corrected chi connectivity index (χ2v) is 14.1. The van der Waals surface area contributed by atoms with E-state index in [9.17, 15) is 0 Å². The third-order valence-corrected chi connectivity index (χ3v) is 10.7. The van der Waals surface area contributed by atoms with Crippen molar-refractivity contribution < 1.29 is 4.42 Å². The SMILES string of the molecule is c1ccc(-c2ccc(-c3ccc(N(c4ccc(-c5ccc6oc7ccccc7c6c5)cc4)c4ccccc4-c4ccc(-c5ccccc5)cc4)cc3)cc2)cc1. The number of rotatable bonds is 8. The molecule has 10 aromatic rings. The van der Waals surface area contributed by atoms with Crippen molar-refractivity contribution in [3.63, 3.8) is 0 Å². The third-order valence-electron chi connectivity index (χ3n) is 10.7. The Morgan fingerprint density at radius 2 is 0.661 bits per heavy atom. The lowest BCUT2D eigenvalue weighted by molar-refractivity contribution is 0.669. The number of benzene rings is 9. The summed E-state index contributed by atoms with van der Waals surface area (Å²) in [7, 11) is 0. The summed E-state index contributed by atoms with van der Waals surface area (Å²) in [4.78, 5) is 2.37. The van der Waals surface area contributed by atoms with Crippen LogP contribution in [0, 0.1) is 0 Å². The average molecular weight is 716 g/mol. The highest BCUT2D eigenvalue weighted by atomic mass is 16.3. The van der Waals surface area contributed by atoms with E-state index in [-0.39, 0.29) is 0 Å². The Morgan fingerprint density at radius 1 is 0.268 bits per heavy atom. The number of furan rings is 1. The number of para-hydroxylation sites is 2. The molecule has 2 heteroatoms. The van der Waals surface area contributed by atoms with Crippen molar-refractivity contribution in [1.82, 2.24) is 0 Å². The Kier molecular flexibility index (Phi) is 8.55. The molecule has 0 atom stereocenters. The largest absolute Gasteiger partial charge is 0.456 e. The van der Waals surface area contributed by atoms with Gasteiger partial charge in [0.25, 0.3) is 0 Å². The van der Waals surface area contributed by atoms with E-state index in [1.807, 2.05) is 12.1 Å². The Morgan fingerprint density at radius 3 is 1.23 bits per heavy atom. The minimum atomic E-state index is 0.904. The highest BCUT2D eigenvalue weighted by Crippen LogP contribution is 2.42. The first kappa shape index (κ1) is 33.2. The van der Waals surface area contributed by atoms with Crippen LogP contribution in [0.25, 0.3) is 77.6 Å². The monoisotopic (exact) mass is 715 g/mol. The zero-order valence-corrected chi connectivity index (χ0v) is 30.7. The fraction of sp³-hybridized carbons (Fsp3) is 0. The predicted molar refractivity (Wildman–Crippen MR) is 236 cm³/mol. The lowest BCUT2D eigenvalue weighted by Gasteiger charge is -2.28. The molecule has 264 valence electrons. The maximum absolute atomic E-state index is 6.12. The molecule has 9 aromatic carbocycles. The summed E-state index contributed by atoms with van der Waals surface area (Å²) >= 11 is 0. The summed E-state index contributed by atoms with van der Waals surface area (Å²) in [5.41, 5.74) is 16.9. The first-order valence-electron chi connectivity index (χ1n) is 19.1. The molecular formula is C54H37NO. The molecule has 10 rings (SSSR count). The Labute approximate surface area is 327 Å². The van der Waals surface area contributed by atoms with Crippen LogP contribution in [0.5, 0.6) is 0 Å². The van der Waals surface area contributed by atoms with Gasteiger partial charge in [0, 0.05) is 27.7 Å². The first-order valence-corrected chi connectivity index (χ1v) is 19.1. The second kappa shape index (κ2) is 14.4. The van der Waals surface area contributed by atoms with Gasteiger partial charge in [0.1, 0.15) is 11.2 Å². The number of anilines is 3. The molecule has 1 aromatic heterocycles. The molecule has 0 N–H and O–H groups in total. The molecule has 0 bridgehead atoms. The Balaban J connectivity index is 1.03. The molecule has 0 unspecified atom stereocenters.